The number of methoxy groups -OCH3 is 1. The van der Waals surface area contributed by atoms with Crippen LogP contribution in [0, 0.1) is 17.0 Å². The molecule has 0 heterocycles. The molecule has 0 fully saturated rings. The third-order valence-corrected chi connectivity index (χ3v) is 9.95. The molecule has 11 nitrogen and oxygen atoms in total. The summed E-state index contributed by atoms with van der Waals surface area (Å²) in [6, 6.07) is 24.7. The highest BCUT2D eigenvalue weighted by molar-refractivity contribution is 7.92. The number of unbranched alkanes of at least 4 members (excludes halogenated alkanes) is 1. The van der Waals surface area contributed by atoms with Gasteiger partial charge in [-0.25, -0.2) is 8.42 Å². The van der Waals surface area contributed by atoms with E-state index in [0.29, 0.717) is 22.9 Å². The number of nitro benzene ring substituents is 1. The Hall–Kier alpha value is -4.94. The molecular formula is C36H39ClN4O7S. The Morgan fingerprint density at radius 2 is 1.65 bits per heavy atom. The number of sulfonamides is 1. The average molecular weight is 707 g/mol. The van der Waals surface area contributed by atoms with E-state index in [2.05, 4.69) is 5.32 Å². The summed E-state index contributed by atoms with van der Waals surface area (Å²) in [5.41, 5.74) is 1.45. The van der Waals surface area contributed by atoms with Crippen molar-refractivity contribution in [1.82, 2.24) is 10.2 Å². The highest BCUT2D eigenvalue weighted by Gasteiger charge is 2.35. The van der Waals surface area contributed by atoms with Crippen LogP contribution in [0.4, 0.5) is 11.4 Å². The summed E-state index contributed by atoms with van der Waals surface area (Å²) in [6.07, 6.45) is 1.74. The number of nitro groups is 1. The molecule has 0 aromatic heterocycles. The Morgan fingerprint density at radius 3 is 2.29 bits per heavy atom. The van der Waals surface area contributed by atoms with Gasteiger partial charge in [-0.15, -0.1) is 0 Å². The van der Waals surface area contributed by atoms with E-state index in [0.717, 1.165) is 28.8 Å². The zero-order chi connectivity index (χ0) is 35.6. The second kappa shape index (κ2) is 16.9. The molecule has 1 N–H and O–H groups in total. The van der Waals surface area contributed by atoms with Gasteiger partial charge < -0.3 is 15.0 Å². The number of rotatable bonds is 16. The predicted octanol–water partition coefficient (Wildman–Crippen LogP) is 6.32. The Labute approximate surface area is 291 Å². The average Bonchev–Trinajstić information content (AvgIpc) is 3.09. The third kappa shape index (κ3) is 9.58. The Bertz CT molecular complexity index is 1870. The zero-order valence-corrected chi connectivity index (χ0v) is 29.1. The number of anilines is 1. The van der Waals surface area contributed by atoms with Crippen LogP contribution in [0.5, 0.6) is 5.75 Å². The molecule has 0 aliphatic carbocycles. The van der Waals surface area contributed by atoms with Crippen LogP contribution in [0.25, 0.3) is 0 Å². The molecule has 0 bridgehead atoms. The summed E-state index contributed by atoms with van der Waals surface area (Å²) in [4.78, 5) is 40.5. The van der Waals surface area contributed by atoms with Gasteiger partial charge in [-0.3, -0.25) is 24.0 Å². The number of carbonyl (C=O) groups excluding carboxylic acids is 2. The minimum absolute atomic E-state index is 0.0510. The van der Waals surface area contributed by atoms with Crippen molar-refractivity contribution < 1.29 is 27.7 Å². The molecule has 0 saturated heterocycles. The monoisotopic (exact) mass is 706 g/mol. The first-order valence-corrected chi connectivity index (χ1v) is 17.5. The van der Waals surface area contributed by atoms with Gasteiger partial charge in [0.2, 0.25) is 11.8 Å². The lowest BCUT2D eigenvalue weighted by molar-refractivity contribution is -0.385. The van der Waals surface area contributed by atoms with Crippen LogP contribution in [-0.4, -0.2) is 56.3 Å². The first-order chi connectivity index (χ1) is 23.4. The molecule has 2 amide bonds. The van der Waals surface area contributed by atoms with E-state index in [-0.39, 0.29) is 40.7 Å². The van der Waals surface area contributed by atoms with E-state index in [1.54, 1.807) is 36.4 Å². The summed E-state index contributed by atoms with van der Waals surface area (Å²) < 4.78 is 34.8. The molecule has 49 heavy (non-hydrogen) atoms. The number of hydrogen-bond donors (Lipinski definition) is 1. The number of nitrogens with one attached hydrogen (secondary N) is 1. The summed E-state index contributed by atoms with van der Waals surface area (Å²) in [7, 11) is -3.10. The van der Waals surface area contributed by atoms with Crippen LogP contribution >= 0.6 is 11.6 Å². The third-order valence-electron chi connectivity index (χ3n) is 7.95. The number of amides is 2. The number of ether oxygens (including phenoxy) is 1. The van der Waals surface area contributed by atoms with Crippen LogP contribution < -0.4 is 14.4 Å². The normalized spacial score (nSPS) is 11.8. The first kappa shape index (κ1) is 36.9. The molecule has 1 atom stereocenters. The molecule has 4 aromatic rings. The van der Waals surface area contributed by atoms with Gasteiger partial charge in [-0.1, -0.05) is 73.5 Å². The number of nitrogens with zero attached hydrogens (tertiary/aromatic N) is 3. The van der Waals surface area contributed by atoms with Crippen LogP contribution in [0.1, 0.15) is 36.5 Å². The van der Waals surface area contributed by atoms with E-state index >= 15 is 0 Å². The number of benzene rings is 4. The van der Waals surface area contributed by atoms with Crippen molar-refractivity contribution in [3.63, 3.8) is 0 Å². The number of carbonyl (C=O) groups is 2. The highest BCUT2D eigenvalue weighted by atomic mass is 35.5. The van der Waals surface area contributed by atoms with E-state index < -0.39 is 33.4 Å². The predicted molar refractivity (Wildman–Crippen MR) is 189 cm³/mol. The largest absolute Gasteiger partial charge is 0.497 e. The van der Waals surface area contributed by atoms with E-state index in [1.807, 2.05) is 37.3 Å². The number of aryl methyl sites for hydroxylation is 1. The Morgan fingerprint density at radius 1 is 0.959 bits per heavy atom. The van der Waals surface area contributed by atoms with Crippen molar-refractivity contribution in [2.75, 3.05) is 24.5 Å². The van der Waals surface area contributed by atoms with Crippen molar-refractivity contribution in [3.05, 3.63) is 129 Å². The molecule has 1 unspecified atom stereocenters. The van der Waals surface area contributed by atoms with Gasteiger partial charge in [0.15, 0.2) is 0 Å². The van der Waals surface area contributed by atoms with Gasteiger partial charge in [-0.05, 0) is 66.9 Å². The maximum atomic E-state index is 14.6. The second-order valence-corrected chi connectivity index (χ2v) is 13.7. The van der Waals surface area contributed by atoms with Crippen molar-refractivity contribution in [2.45, 2.75) is 50.6 Å². The SMILES string of the molecule is CCCCNC(=O)C(Cc1ccccc1)N(Cc1cccc(Cl)c1)C(=O)CN(c1ccc(OC)cc1)S(=O)(=O)c1ccc(C)c([N+](=O)[O-])c1. The molecule has 0 spiro atoms. The first-order valence-electron chi connectivity index (χ1n) is 15.7. The lowest BCUT2D eigenvalue weighted by Gasteiger charge is -2.34. The molecule has 0 radical (unpaired) electrons. The zero-order valence-electron chi connectivity index (χ0n) is 27.5. The highest BCUT2D eigenvalue weighted by Crippen LogP contribution is 2.30. The van der Waals surface area contributed by atoms with Gasteiger partial charge in [0, 0.05) is 36.2 Å². The fourth-order valence-corrected chi connectivity index (χ4v) is 6.89. The maximum Gasteiger partial charge on any atom is 0.273 e. The summed E-state index contributed by atoms with van der Waals surface area (Å²) in [5.74, 6) is -0.610. The molecular weight excluding hydrogens is 668 g/mol. The standard InChI is InChI=1S/C36H39ClN4O7S/c1-4-5-20-38-36(43)34(22-27-10-7-6-8-11-27)39(24-28-12-9-13-29(37)21-28)35(42)25-40(30-15-17-31(48-3)18-16-30)49(46,47)32-19-14-26(2)33(23-32)41(44)45/h6-19,21,23,34H,4-5,20,22,24-25H2,1-3H3,(H,38,43). The van der Waals surface area contributed by atoms with E-state index in [1.165, 1.54) is 43.2 Å². The fourth-order valence-electron chi connectivity index (χ4n) is 5.24. The van der Waals surface area contributed by atoms with Crippen molar-refractivity contribution in [3.8, 4) is 5.75 Å². The molecule has 0 saturated carbocycles. The molecule has 13 heteroatoms. The molecule has 0 aliphatic heterocycles. The molecule has 4 rings (SSSR count). The number of halogens is 1. The second-order valence-electron chi connectivity index (χ2n) is 11.4. The van der Waals surface area contributed by atoms with Gasteiger partial charge in [0.1, 0.15) is 18.3 Å². The van der Waals surface area contributed by atoms with Gasteiger partial charge in [-0.2, -0.15) is 0 Å². The van der Waals surface area contributed by atoms with E-state index in [9.17, 15) is 28.1 Å². The Kier molecular flexibility index (Phi) is 12.8. The van der Waals surface area contributed by atoms with Crippen LogP contribution in [0.3, 0.4) is 0 Å². The quantitative estimate of drug-likeness (QED) is 0.0818. The lowest BCUT2D eigenvalue weighted by atomic mass is 10.0. The van der Waals surface area contributed by atoms with Crippen LogP contribution in [-0.2, 0) is 32.6 Å². The summed E-state index contributed by atoms with van der Waals surface area (Å²) in [6.45, 7) is 3.14. The van der Waals surface area contributed by atoms with Gasteiger partial charge in [0.05, 0.1) is 22.6 Å². The van der Waals surface area contributed by atoms with Crippen LogP contribution in [0.2, 0.25) is 5.02 Å². The topological polar surface area (TPSA) is 139 Å². The van der Waals surface area contributed by atoms with Gasteiger partial charge in [0.25, 0.3) is 15.7 Å². The minimum atomic E-state index is -4.56. The fraction of sp³-hybridized carbons (Fsp3) is 0.278. The van der Waals surface area contributed by atoms with E-state index in [4.69, 9.17) is 16.3 Å². The molecule has 4 aromatic carbocycles. The summed E-state index contributed by atoms with van der Waals surface area (Å²) in [5, 5.41) is 15.1. The number of hydrogen-bond acceptors (Lipinski definition) is 7. The summed E-state index contributed by atoms with van der Waals surface area (Å²) >= 11 is 6.30. The van der Waals surface area contributed by atoms with Crippen molar-refractivity contribution in [1.29, 1.82) is 0 Å². The van der Waals surface area contributed by atoms with Crippen LogP contribution in [0.15, 0.2) is 102 Å². The van der Waals surface area contributed by atoms with Gasteiger partial charge >= 0.3 is 0 Å². The Balaban J connectivity index is 1.83. The minimum Gasteiger partial charge on any atom is -0.497 e. The van der Waals surface area contributed by atoms with Crippen molar-refractivity contribution in [2.24, 2.45) is 0 Å². The molecule has 258 valence electrons. The lowest BCUT2D eigenvalue weighted by Crippen LogP contribution is -2.53. The molecule has 0 aliphatic rings. The van der Waals surface area contributed by atoms with Crippen molar-refractivity contribution >= 4 is 44.8 Å². The smallest absolute Gasteiger partial charge is 0.273 e. The maximum absolute atomic E-state index is 14.6.